The molecule has 80 valence electrons. The van der Waals surface area contributed by atoms with E-state index in [2.05, 4.69) is 4.98 Å². The molecular formula is C11H14N2O2. The van der Waals surface area contributed by atoms with Gasteiger partial charge in [0.05, 0.1) is 0 Å². The average molecular weight is 206 g/mol. The molecule has 1 aromatic rings. The first-order valence-corrected chi connectivity index (χ1v) is 5.15. The summed E-state index contributed by atoms with van der Waals surface area (Å²) in [6.07, 6.45) is 6.05. The number of nitrogens with two attached hydrogens (primary N) is 1. The SMILES string of the molecule is NC(=O)COc1ccnc2c1CCCC2. The van der Waals surface area contributed by atoms with Gasteiger partial charge in [-0.1, -0.05) is 0 Å². The van der Waals surface area contributed by atoms with Crippen LogP contribution in [0.5, 0.6) is 5.75 Å². The van der Waals surface area contributed by atoms with E-state index in [1.54, 1.807) is 12.3 Å². The predicted octanol–water partition coefficient (Wildman–Crippen LogP) is 0.824. The van der Waals surface area contributed by atoms with E-state index in [1.807, 2.05) is 0 Å². The fourth-order valence-corrected chi connectivity index (χ4v) is 1.88. The molecular weight excluding hydrogens is 192 g/mol. The highest BCUT2D eigenvalue weighted by Crippen LogP contribution is 2.27. The Kier molecular flexibility index (Phi) is 2.85. The van der Waals surface area contributed by atoms with Gasteiger partial charge in [0, 0.05) is 17.5 Å². The van der Waals surface area contributed by atoms with Crippen molar-refractivity contribution in [1.29, 1.82) is 0 Å². The van der Waals surface area contributed by atoms with Crippen LogP contribution in [-0.4, -0.2) is 17.5 Å². The summed E-state index contributed by atoms with van der Waals surface area (Å²) in [4.78, 5) is 14.9. The van der Waals surface area contributed by atoms with E-state index in [-0.39, 0.29) is 6.61 Å². The fraction of sp³-hybridized carbons (Fsp3) is 0.455. The molecule has 4 nitrogen and oxygen atoms in total. The maximum atomic E-state index is 10.6. The number of rotatable bonds is 3. The molecule has 4 heteroatoms. The van der Waals surface area contributed by atoms with Crippen LogP contribution < -0.4 is 10.5 Å². The molecule has 2 N–H and O–H groups in total. The summed E-state index contributed by atoms with van der Waals surface area (Å²) in [7, 11) is 0. The van der Waals surface area contributed by atoms with Crippen LogP contribution in [0.15, 0.2) is 12.3 Å². The standard InChI is InChI=1S/C11H14N2O2/c12-11(14)7-15-10-5-6-13-9-4-2-1-3-8(9)10/h5-6H,1-4,7H2,(H2,12,14). The van der Waals surface area contributed by atoms with Crippen LogP contribution in [0.1, 0.15) is 24.1 Å². The third kappa shape index (κ3) is 2.26. The summed E-state index contributed by atoms with van der Waals surface area (Å²) in [6, 6.07) is 1.80. The molecule has 1 aliphatic carbocycles. The lowest BCUT2D eigenvalue weighted by Gasteiger charge is -2.17. The van der Waals surface area contributed by atoms with Crippen molar-refractivity contribution in [2.75, 3.05) is 6.61 Å². The van der Waals surface area contributed by atoms with Gasteiger partial charge >= 0.3 is 0 Å². The van der Waals surface area contributed by atoms with Crippen molar-refractivity contribution in [1.82, 2.24) is 4.98 Å². The molecule has 1 amide bonds. The number of carbonyl (C=O) groups is 1. The second-order valence-corrected chi connectivity index (χ2v) is 3.70. The Balaban J connectivity index is 2.19. The van der Waals surface area contributed by atoms with Gasteiger partial charge in [0.2, 0.25) is 0 Å². The number of nitrogens with zero attached hydrogens (tertiary/aromatic N) is 1. The molecule has 0 aliphatic heterocycles. The molecule has 0 fully saturated rings. The van der Waals surface area contributed by atoms with Gasteiger partial charge in [-0.2, -0.15) is 0 Å². The number of aromatic nitrogens is 1. The molecule has 0 atom stereocenters. The first-order valence-electron chi connectivity index (χ1n) is 5.15. The van der Waals surface area contributed by atoms with Gasteiger partial charge in [0.1, 0.15) is 5.75 Å². The maximum absolute atomic E-state index is 10.6. The number of primary amides is 1. The molecule has 1 aliphatic rings. The fourth-order valence-electron chi connectivity index (χ4n) is 1.88. The summed E-state index contributed by atoms with van der Waals surface area (Å²) in [5.74, 6) is 0.315. The minimum Gasteiger partial charge on any atom is -0.483 e. The summed E-state index contributed by atoms with van der Waals surface area (Å²) in [5, 5.41) is 0. The van der Waals surface area contributed by atoms with Crippen molar-refractivity contribution in [3.63, 3.8) is 0 Å². The zero-order chi connectivity index (χ0) is 10.7. The first-order chi connectivity index (χ1) is 7.27. The Morgan fingerprint density at radius 3 is 3.07 bits per heavy atom. The lowest BCUT2D eigenvalue weighted by molar-refractivity contribution is -0.119. The molecule has 0 radical (unpaired) electrons. The van der Waals surface area contributed by atoms with Crippen LogP contribution in [0, 0.1) is 0 Å². The lowest BCUT2D eigenvalue weighted by Crippen LogP contribution is -2.21. The van der Waals surface area contributed by atoms with E-state index >= 15 is 0 Å². The number of carbonyl (C=O) groups excluding carboxylic acids is 1. The zero-order valence-corrected chi connectivity index (χ0v) is 8.53. The topological polar surface area (TPSA) is 65.2 Å². The Morgan fingerprint density at radius 1 is 1.47 bits per heavy atom. The minimum absolute atomic E-state index is 0.0591. The van der Waals surface area contributed by atoms with E-state index in [9.17, 15) is 4.79 Å². The van der Waals surface area contributed by atoms with Crippen LogP contribution in [-0.2, 0) is 17.6 Å². The van der Waals surface area contributed by atoms with E-state index in [0.717, 1.165) is 36.3 Å². The number of fused-ring (bicyclic) bond motifs is 1. The third-order valence-electron chi connectivity index (χ3n) is 2.56. The van der Waals surface area contributed by atoms with Gasteiger partial charge in [0.15, 0.2) is 6.61 Å². The molecule has 15 heavy (non-hydrogen) atoms. The molecule has 0 saturated heterocycles. The highest BCUT2D eigenvalue weighted by atomic mass is 16.5. The number of ether oxygens (including phenoxy) is 1. The van der Waals surface area contributed by atoms with Crippen molar-refractivity contribution in [3.05, 3.63) is 23.5 Å². The minimum atomic E-state index is -0.448. The second-order valence-electron chi connectivity index (χ2n) is 3.70. The van der Waals surface area contributed by atoms with E-state index in [4.69, 9.17) is 10.5 Å². The third-order valence-corrected chi connectivity index (χ3v) is 2.56. The van der Waals surface area contributed by atoms with Crippen molar-refractivity contribution in [3.8, 4) is 5.75 Å². The normalized spacial score (nSPS) is 14.4. The van der Waals surface area contributed by atoms with Gasteiger partial charge in [0.25, 0.3) is 5.91 Å². The quantitative estimate of drug-likeness (QED) is 0.796. The van der Waals surface area contributed by atoms with Crippen molar-refractivity contribution in [2.45, 2.75) is 25.7 Å². The van der Waals surface area contributed by atoms with Gasteiger partial charge < -0.3 is 10.5 Å². The smallest absolute Gasteiger partial charge is 0.255 e. The Labute approximate surface area is 88.4 Å². The van der Waals surface area contributed by atoms with Crippen LogP contribution in [0.2, 0.25) is 0 Å². The van der Waals surface area contributed by atoms with E-state index in [0.29, 0.717) is 0 Å². The van der Waals surface area contributed by atoms with E-state index in [1.165, 1.54) is 6.42 Å². The number of pyridine rings is 1. The van der Waals surface area contributed by atoms with Crippen molar-refractivity contribution < 1.29 is 9.53 Å². The highest BCUT2D eigenvalue weighted by Gasteiger charge is 2.15. The first kappa shape index (κ1) is 9.96. The Bertz CT molecular complexity index is 377. The molecule has 1 heterocycles. The molecule has 1 aromatic heterocycles. The average Bonchev–Trinajstić information content (AvgIpc) is 2.26. The Hall–Kier alpha value is -1.58. The molecule has 0 aromatic carbocycles. The summed E-state index contributed by atoms with van der Waals surface area (Å²) < 4.78 is 5.35. The van der Waals surface area contributed by atoms with Crippen LogP contribution in [0.3, 0.4) is 0 Å². The number of hydrogen-bond donors (Lipinski definition) is 1. The van der Waals surface area contributed by atoms with Crippen LogP contribution >= 0.6 is 0 Å². The summed E-state index contributed by atoms with van der Waals surface area (Å²) >= 11 is 0. The monoisotopic (exact) mass is 206 g/mol. The maximum Gasteiger partial charge on any atom is 0.255 e. The van der Waals surface area contributed by atoms with E-state index < -0.39 is 5.91 Å². The Morgan fingerprint density at radius 2 is 2.27 bits per heavy atom. The molecule has 0 saturated carbocycles. The molecule has 0 spiro atoms. The zero-order valence-electron chi connectivity index (χ0n) is 8.53. The van der Waals surface area contributed by atoms with Crippen LogP contribution in [0.4, 0.5) is 0 Å². The largest absolute Gasteiger partial charge is 0.483 e. The number of amides is 1. The van der Waals surface area contributed by atoms with Crippen LogP contribution in [0.25, 0.3) is 0 Å². The molecule has 2 rings (SSSR count). The summed E-state index contributed by atoms with van der Waals surface area (Å²) in [5.41, 5.74) is 7.28. The van der Waals surface area contributed by atoms with Gasteiger partial charge in [-0.05, 0) is 31.7 Å². The van der Waals surface area contributed by atoms with Crippen molar-refractivity contribution >= 4 is 5.91 Å². The second kappa shape index (κ2) is 4.29. The van der Waals surface area contributed by atoms with Crippen molar-refractivity contribution in [2.24, 2.45) is 5.73 Å². The van der Waals surface area contributed by atoms with Gasteiger partial charge in [-0.15, -0.1) is 0 Å². The lowest BCUT2D eigenvalue weighted by atomic mass is 9.95. The highest BCUT2D eigenvalue weighted by molar-refractivity contribution is 5.75. The summed E-state index contributed by atoms with van der Waals surface area (Å²) in [6.45, 7) is -0.0591. The number of aryl methyl sites for hydroxylation is 1. The van der Waals surface area contributed by atoms with Gasteiger partial charge in [-0.3, -0.25) is 9.78 Å². The predicted molar refractivity (Wildman–Crippen MR) is 55.6 cm³/mol. The molecule has 0 bridgehead atoms. The molecule has 0 unspecified atom stereocenters. The number of hydrogen-bond acceptors (Lipinski definition) is 3. The van der Waals surface area contributed by atoms with Gasteiger partial charge in [-0.25, -0.2) is 0 Å².